The first-order valence-electron chi connectivity index (χ1n) is 6.14. The van der Waals surface area contributed by atoms with Crippen LogP contribution >= 0.6 is 0 Å². The Morgan fingerprint density at radius 2 is 1.71 bits per heavy atom. The number of hydrogen-bond donors (Lipinski definition) is 1. The normalized spacial score (nSPS) is 10.2. The maximum Gasteiger partial charge on any atom is 0.222 e. The summed E-state index contributed by atoms with van der Waals surface area (Å²) in [6.07, 6.45) is 1.30. The summed E-state index contributed by atoms with van der Waals surface area (Å²) in [4.78, 5) is 22.2. The Balaban J connectivity index is 3.24. The van der Waals surface area contributed by atoms with Gasteiger partial charge in [-0.2, -0.15) is 0 Å². The molecule has 0 aliphatic heterocycles. The first-order chi connectivity index (χ1) is 8.20. The van der Waals surface area contributed by atoms with Gasteiger partial charge in [-0.25, -0.2) is 0 Å². The third-order valence-electron chi connectivity index (χ3n) is 2.17. The Morgan fingerprint density at radius 1 is 1.00 bits per heavy atom. The molecular weight excluding hydrogens is 222 g/mol. The van der Waals surface area contributed by atoms with Gasteiger partial charge in [0.05, 0.1) is 19.8 Å². The van der Waals surface area contributed by atoms with E-state index in [1.54, 1.807) is 0 Å². The van der Waals surface area contributed by atoms with Crippen LogP contribution in [0, 0.1) is 0 Å². The molecule has 0 aromatic rings. The van der Waals surface area contributed by atoms with Crippen molar-refractivity contribution in [3.05, 3.63) is 0 Å². The minimum Gasteiger partial charge on any atom is -0.380 e. The number of rotatable bonds is 11. The molecule has 5 nitrogen and oxygen atoms in total. The van der Waals surface area contributed by atoms with Crippen molar-refractivity contribution in [1.82, 2.24) is 5.32 Å². The second-order valence-electron chi connectivity index (χ2n) is 3.55. The highest BCUT2D eigenvalue weighted by Gasteiger charge is 2.01. The van der Waals surface area contributed by atoms with E-state index in [0.717, 1.165) is 0 Å². The van der Waals surface area contributed by atoms with Gasteiger partial charge >= 0.3 is 0 Å². The van der Waals surface area contributed by atoms with Crippen molar-refractivity contribution in [1.29, 1.82) is 0 Å². The first-order valence-corrected chi connectivity index (χ1v) is 6.14. The number of carbonyl (C=O) groups is 2. The van der Waals surface area contributed by atoms with E-state index in [0.29, 0.717) is 52.2 Å². The molecule has 0 bridgehead atoms. The maximum absolute atomic E-state index is 11.2. The SMILES string of the molecule is CCOCCNC(=O)CCOCCC(=O)CC. The minimum absolute atomic E-state index is 0.0495. The molecule has 0 unspecified atom stereocenters. The average molecular weight is 245 g/mol. The largest absolute Gasteiger partial charge is 0.380 e. The van der Waals surface area contributed by atoms with Crippen molar-refractivity contribution in [2.75, 3.05) is 33.0 Å². The van der Waals surface area contributed by atoms with Crippen molar-refractivity contribution in [3.8, 4) is 0 Å². The number of ether oxygens (including phenoxy) is 2. The summed E-state index contributed by atoms with van der Waals surface area (Å²) in [7, 11) is 0. The third kappa shape index (κ3) is 11.3. The number of amides is 1. The van der Waals surface area contributed by atoms with Crippen LogP contribution in [0.3, 0.4) is 0 Å². The molecule has 0 spiro atoms. The Hall–Kier alpha value is -0.940. The Morgan fingerprint density at radius 3 is 2.35 bits per heavy atom. The second-order valence-corrected chi connectivity index (χ2v) is 3.55. The van der Waals surface area contributed by atoms with Crippen molar-refractivity contribution < 1.29 is 19.1 Å². The molecule has 0 saturated heterocycles. The summed E-state index contributed by atoms with van der Waals surface area (Å²) >= 11 is 0. The molecule has 100 valence electrons. The summed E-state index contributed by atoms with van der Waals surface area (Å²) in [5, 5.41) is 2.72. The van der Waals surface area contributed by atoms with E-state index in [1.165, 1.54) is 0 Å². The summed E-state index contributed by atoms with van der Waals surface area (Å²) in [6.45, 7) is 6.22. The van der Waals surface area contributed by atoms with Crippen LogP contribution in [0.5, 0.6) is 0 Å². The van der Waals surface area contributed by atoms with Gasteiger partial charge in [-0.1, -0.05) is 6.92 Å². The molecule has 0 aliphatic rings. The molecule has 1 N–H and O–H groups in total. The highest BCUT2D eigenvalue weighted by molar-refractivity contribution is 5.78. The van der Waals surface area contributed by atoms with E-state index in [4.69, 9.17) is 9.47 Å². The fourth-order valence-corrected chi connectivity index (χ4v) is 1.13. The molecule has 0 fully saturated rings. The van der Waals surface area contributed by atoms with Gasteiger partial charge < -0.3 is 14.8 Å². The van der Waals surface area contributed by atoms with Gasteiger partial charge in [0.1, 0.15) is 5.78 Å². The van der Waals surface area contributed by atoms with Crippen molar-refractivity contribution in [3.63, 3.8) is 0 Å². The van der Waals surface area contributed by atoms with E-state index >= 15 is 0 Å². The summed E-state index contributed by atoms with van der Waals surface area (Å²) in [5.41, 5.74) is 0. The van der Waals surface area contributed by atoms with Crippen LogP contribution in [0.4, 0.5) is 0 Å². The topological polar surface area (TPSA) is 64.6 Å². The van der Waals surface area contributed by atoms with Gasteiger partial charge in [0, 0.05) is 32.4 Å². The molecule has 0 aromatic heterocycles. The van der Waals surface area contributed by atoms with Crippen LogP contribution in [-0.4, -0.2) is 44.7 Å². The van der Waals surface area contributed by atoms with Crippen molar-refractivity contribution in [2.24, 2.45) is 0 Å². The molecule has 0 aliphatic carbocycles. The van der Waals surface area contributed by atoms with Gasteiger partial charge in [-0.3, -0.25) is 9.59 Å². The quantitative estimate of drug-likeness (QED) is 0.550. The zero-order chi connectivity index (χ0) is 12.9. The van der Waals surface area contributed by atoms with E-state index in [9.17, 15) is 9.59 Å². The lowest BCUT2D eigenvalue weighted by Gasteiger charge is -2.05. The van der Waals surface area contributed by atoms with Crippen LogP contribution < -0.4 is 5.32 Å². The average Bonchev–Trinajstić information content (AvgIpc) is 2.34. The molecule has 0 aromatic carbocycles. The maximum atomic E-state index is 11.2. The second kappa shape index (κ2) is 11.5. The summed E-state index contributed by atoms with van der Waals surface area (Å²) in [5.74, 6) is 0.137. The Bertz CT molecular complexity index is 219. The molecule has 0 rings (SSSR count). The molecule has 0 radical (unpaired) electrons. The van der Waals surface area contributed by atoms with Crippen LogP contribution in [0.1, 0.15) is 33.1 Å². The lowest BCUT2D eigenvalue weighted by atomic mass is 10.2. The zero-order valence-electron chi connectivity index (χ0n) is 10.8. The lowest BCUT2D eigenvalue weighted by molar-refractivity contribution is -0.122. The molecular formula is C12H23NO4. The highest BCUT2D eigenvalue weighted by Crippen LogP contribution is 1.91. The number of ketones is 1. The number of hydrogen-bond acceptors (Lipinski definition) is 4. The standard InChI is InChI=1S/C12H23NO4/c1-3-11(14)5-8-17-9-6-12(15)13-7-10-16-4-2/h3-10H2,1-2H3,(H,13,15). The minimum atomic E-state index is -0.0495. The van der Waals surface area contributed by atoms with Gasteiger partial charge in [0.2, 0.25) is 5.91 Å². The molecule has 5 heteroatoms. The van der Waals surface area contributed by atoms with E-state index < -0.39 is 0 Å². The molecule has 0 heterocycles. The summed E-state index contributed by atoms with van der Waals surface area (Å²) < 4.78 is 10.3. The Kier molecular flexibility index (Phi) is 10.9. The molecule has 0 saturated carbocycles. The monoisotopic (exact) mass is 245 g/mol. The van der Waals surface area contributed by atoms with E-state index in [2.05, 4.69) is 5.32 Å². The highest BCUT2D eigenvalue weighted by atomic mass is 16.5. The van der Waals surface area contributed by atoms with Gasteiger partial charge in [-0.05, 0) is 6.92 Å². The smallest absolute Gasteiger partial charge is 0.222 e. The van der Waals surface area contributed by atoms with E-state index in [-0.39, 0.29) is 11.7 Å². The fraction of sp³-hybridized carbons (Fsp3) is 0.833. The zero-order valence-corrected chi connectivity index (χ0v) is 10.8. The molecule has 0 atom stereocenters. The number of nitrogens with one attached hydrogen (secondary N) is 1. The fourth-order valence-electron chi connectivity index (χ4n) is 1.13. The van der Waals surface area contributed by atoms with Crippen molar-refractivity contribution >= 4 is 11.7 Å². The lowest BCUT2D eigenvalue weighted by Crippen LogP contribution is -2.28. The van der Waals surface area contributed by atoms with E-state index in [1.807, 2.05) is 13.8 Å². The van der Waals surface area contributed by atoms with Gasteiger partial charge in [-0.15, -0.1) is 0 Å². The van der Waals surface area contributed by atoms with Crippen LogP contribution in [-0.2, 0) is 19.1 Å². The summed E-state index contributed by atoms with van der Waals surface area (Å²) in [6, 6.07) is 0. The molecule has 1 amide bonds. The number of carbonyl (C=O) groups excluding carboxylic acids is 2. The first kappa shape index (κ1) is 16.1. The molecule has 17 heavy (non-hydrogen) atoms. The Labute approximate surface area is 103 Å². The predicted molar refractivity (Wildman–Crippen MR) is 64.9 cm³/mol. The van der Waals surface area contributed by atoms with Crippen molar-refractivity contribution in [2.45, 2.75) is 33.1 Å². The number of Topliss-reactive ketones (excluding diaryl/α,β-unsaturated/α-hetero) is 1. The third-order valence-corrected chi connectivity index (χ3v) is 2.17. The van der Waals surface area contributed by atoms with Gasteiger partial charge in [0.15, 0.2) is 0 Å². The van der Waals surface area contributed by atoms with Gasteiger partial charge in [0.25, 0.3) is 0 Å². The van der Waals surface area contributed by atoms with Crippen LogP contribution in [0.15, 0.2) is 0 Å². The van der Waals surface area contributed by atoms with Crippen LogP contribution in [0.25, 0.3) is 0 Å². The predicted octanol–water partition coefficient (Wildman–Crippen LogP) is 0.915. The van der Waals surface area contributed by atoms with Crippen LogP contribution in [0.2, 0.25) is 0 Å².